The molecule has 0 saturated carbocycles. The topological polar surface area (TPSA) is 49.4 Å². The lowest BCUT2D eigenvalue weighted by molar-refractivity contribution is -0.129. The first-order valence-electron chi connectivity index (χ1n) is 8.06. The van der Waals surface area contributed by atoms with E-state index in [1.54, 1.807) is 6.07 Å². The maximum atomic E-state index is 12.3. The Morgan fingerprint density at radius 1 is 1.00 bits per heavy atom. The standard InChI is InChI=1S/C19H19IN2O2/c20-17-6-2-1-5-16(17)19(24)21-15-9-7-14(8-10-15)13-18(23)22-11-3-4-12-22/h1-2,5-10H,3-4,11-13H2,(H,21,24). The van der Waals surface area contributed by atoms with Gasteiger partial charge in [-0.2, -0.15) is 0 Å². The summed E-state index contributed by atoms with van der Waals surface area (Å²) >= 11 is 2.15. The lowest BCUT2D eigenvalue weighted by Crippen LogP contribution is -2.29. The number of benzene rings is 2. The van der Waals surface area contributed by atoms with Crippen LogP contribution in [0.5, 0.6) is 0 Å². The average molecular weight is 434 g/mol. The second-order valence-corrected chi connectivity index (χ2v) is 7.06. The van der Waals surface area contributed by atoms with Crippen LogP contribution in [0.4, 0.5) is 5.69 Å². The van der Waals surface area contributed by atoms with Gasteiger partial charge in [0.25, 0.3) is 5.91 Å². The third kappa shape index (κ3) is 4.14. The largest absolute Gasteiger partial charge is 0.342 e. The van der Waals surface area contributed by atoms with E-state index in [1.165, 1.54) is 0 Å². The molecule has 2 aromatic rings. The van der Waals surface area contributed by atoms with Crippen molar-refractivity contribution in [2.45, 2.75) is 19.3 Å². The van der Waals surface area contributed by atoms with Gasteiger partial charge in [-0.3, -0.25) is 9.59 Å². The molecule has 1 aliphatic heterocycles. The highest BCUT2D eigenvalue weighted by molar-refractivity contribution is 14.1. The average Bonchev–Trinajstić information content (AvgIpc) is 3.11. The summed E-state index contributed by atoms with van der Waals surface area (Å²) in [6.07, 6.45) is 2.63. The molecule has 0 aromatic heterocycles. The highest BCUT2D eigenvalue weighted by Crippen LogP contribution is 2.16. The number of likely N-dealkylation sites (tertiary alicyclic amines) is 1. The van der Waals surface area contributed by atoms with Crippen molar-refractivity contribution < 1.29 is 9.59 Å². The van der Waals surface area contributed by atoms with Gasteiger partial charge in [-0.15, -0.1) is 0 Å². The predicted molar refractivity (Wildman–Crippen MR) is 103 cm³/mol. The molecule has 0 unspecified atom stereocenters. The van der Waals surface area contributed by atoms with Gasteiger partial charge < -0.3 is 10.2 Å². The van der Waals surface area contributed by atoms with Gasteiger partial charge in [0.2, 0.25) is 5.91 Å². The van der Waals surface area contributed by atoms with Gasteiger partial charge in [-0.05, 0) is 65.3 Å². The molecule has 0 spiro atoms. The lowest BCUT2D eigenvalue weighted by atomic mass is 10.1. The van der Waals surface area contributed by atoms with Crippen molar-refractivity contribution in [3.05, 3.63) is 63.2 Å². The molecule has 0 atom stereocenters. The zero-order valence-electron chi connectivity index (χ0n) is 13.3. The minimum absolute atomic E-state index is 0.124. The minimum Gasteiger partial charge on any atom is -0.342 e. The number of rotatable bonds is 4. The second-order valence-electron chi connectivity index (χ2n) is 5.90. The Kier molecular flexibility index (Phi) is 5.50. The normalized spacial score (nSPS) is 13.8. The van der Waals surface area contributed by atoms with Crippen LogP contribution in [0.15, 0.2) is 48.5 Å². The molecule has 3 rings (SSSR count). The fourth-order valence-electron chi connectivity index (χ4n) is 2.80. The molecule has 2 aromatic carbocycles. The molecule has 124 valence electrons. The molecule has 1 heterocycles. The number of amides is 2. The minimum atomic E-state index is -0.124. The number of hydrogen-bond donors (Lipinski definition) is 1. The molecule has 1 N–H and O–H groups in total. The van der Waals surface area contributed by atoms with E-state index < -0.39 is 0 Å². The Morgan fingerprint density at radius 2 is 1.67 bits per heavy atom. The number of nitrogens with one attached hydrogen (secondary N) is 1. The molecular formula is C19H19IN2O2. The third-order valence-electron chi connectivity index (χ3n) is 4.14. The van der Waals surface area contributed by atoms with Crippen LogP contribution in [0.3, 0.4) is 0 Å². The van der Waals surface area contributed by atoms with Crippen LogP contribution < -0.4 is 5.32 Å². The van der Waals surface area contributed by atoms with Crippen LogP contribution in [-0.2, 0) is 11.2 Å². The molecule has 0 bridgehead atoms. The Labute approximate surface area is 155 Å². The van der Waals surface area contributed by atoms with E-state index in [0.29, 0.717) is 12.0 Å². The maximum Gasteiger partial charge on any atom is 0.256 e. The van der Waals surface area contributed by atoms with Crippen LogP contribution >= 0.6 is 22.6 Å². The molecule has 4 nitrogen and oxygen atoms in total. The predicted octanol–water partition coefficient (Wildman–Crippen LogP) is 3.71. The van der Waals surface area contributed by atoms with E-state index in [2.05, 4.69) is 27.9 Å². The first kappa shape index (κ1) is 17.0. The third-order valence-corrected chi connectivity index (χ3v) is 5.09. The Morgan fingerprint density at radius 3 is 2.33 bits per heavy atom. The summed E-state index contributed by atoms with van der Waals surface area (Å²) < 4.78 is 0.917. The molecular weight excluding hydrogens is 415 g/mol. The number of carbonyl (C=O) groups excluding carboxylic acids is 2. The highest BCUT2D eigenvalue weighted by atomic mass is 127. The van der Waals surface area contributed by atoms with Gasteiger partial charge >= 0.3 is 0 Å². The molecule has 24 heavy (non-hydrogen) atoms. The first-order chi connectivity index (χ1) is 11.6. The molecule has 5 heteroatoms. The number of nitrogens with zero attached hydrogens (tertiary/aromatic N) is 1. The summed E-state index contributed by atoms with van der Waals surface area (Å²) in [4.78, 5) is 26.4. The number of carbonyl (C=O) groups is 2. The zero-order chi connectivity index (χ0) is 16.9. The Hall–Kier alpha value is -1.89. The van der Waals surface area contributed by atoms with Gasteiger partial charge in [0.1, 0.15) is 0 Å². The smallest absolute Gasteiger partial charge is 0.256 e. The number of halogens is 1. The maximum absolute atomic E-state index is 12.3. The highest BCUT2D eigenvalue weighted by Gasteiger charge is 2.17. The van der Waals surface area contributed by atoms with Gasteiger partial charge in [0.15, 0.2) is 0 Å². The SMILES string of the molecule is O=C(Nc1ccc(CC(=O)N2CCCC2)cc1)c1ccccc1I. The molecule has 0 aliphatic carbocycles. The number of hydrogen-bond acceptors (Lipinski definition) is 2. The van der Waals surface area contributed by atoms with Crippen molar-refractivity contribution in [1.29, 1.82) is 0 Å². The van der Waals surface area contributed by atoms with Crippen molar-refractivity contribution in [2.24, 2.45) is 0 Å². The molecule has 1 fully saturated rings. The van der Waals surface area contributed by atoms with Crippen LogP contribution in [0, 0.1) is 3.57 Å². The van der Waals surface area contributed by atoms with E-state index in [0.717, 1.165) is 40.8 Å². The van der Waals surface area contributed by atoms with E-state index in [9.17, 15) is 9.59 Å². The van der Waals surface area contributed by atoms with E-state index in [4.69, 9.17) is 0 Å². The molecule has 2 amide bonds. The fraction of sp³-hybridized carbons (Fsp3) is 0.263. The summed E-state index contributed by atoms with van der Waals surface area (Å²) in [7, 11) is 0. The summed E-state index contributed by atoms with van der Waals surface area (Å²) in [6, 6.07) is 15.0. The summed E-state index contributed by atoms with van der Waals surface area (Å²) in [5, 5.41) is 2.90. The monoisotopic (exact) mass is 434 g/mol. The lowest BCUT2D eigenvalue weighted by Gasteiger charge is -2.15. The van der Waals surface area contributed by atoms with Crippen molar-refractivity contribution in [2.75, 3.05) is 18.4 Å². The molecule has 1 aliphatic rings. The van der Waals surface area contributed by atoms with E-state index in [1.807, 2.05) is 47.4 Å². The molecule has 0 radical (unpaired) electrons. The van der Waals surface area contributed by atoms with Gasteiger partial charge in [0.05, 0.1) is 12.0 Å². The van der Waals surface area contributed by atoms with Gasteiger partial charge in [-0.25, -0.2) is 0 Å². The zero-order valence-corrected chi connectivity index (χ0v) is 15.5. The number of anilines is 1. The summed E-state index contributed by atoms with van der Waals surface area (Å²) in [5.74, 6) is 0.0593. The van der Waals surface area contributed by atoms with Gasteiger partial charge in [0, 0.05) is 22.3 Å². The van der Waals surface area contributed by atoms with Gasteiger partial charge in [-0.1, -0.05) is 24.3 Å². The van der Waals surface area contributed by atoms with Crippen LogP contribution in [0.25, 0.3) is 0 Å². The van der Waals surface area contributed by atoms with Crippen molar-refractivity contribution in [1.82, 2.24) is 4.90 Å². The second kappa shape index (κ2) is 7.79. The van der Waals surface area contributed by atoms with Crippen LogP contribution in [-0.4, -0.2) is 29.8 Å². The van der Waals surface area contributed by atoms with Crippen LogP contribution in [0.1, 0.15) is 28.8 Å². The van der Waals surface area contributed by atoms with Crippen molar-refractivity contribution >= 4 is 40.1 Å². The van der Waals surface area contributed by atoms with Crippen molar-refractivity contribution in [3.63, 3.8) is 0 Å². The summed E-state index contributed by atoms with van der Waals surface area (Å²) in [6.45, 7) is 1.76. The summed E-state index contributed by atoms with van der Waals surface area (Å²) in [5.41, 5.74) is 2.36. The van der Waals surface area contributed by atoms with Crippen LogP contribution in [0.2, 0.25) is 0 Å². The fourth-order valence-corrected chi connectivity index (χ4v) is 3.44. The quantitative estimate of drug-likeness (QED) is 0.747. The van der Waals surface area contributed by atoms with Crippen molar-refractivity contribution in [3.8, 4) is 0 Å². The first-order valence-corrected chi connectivity index (χ1v) is 9.14. The Balaban J connectivity index is 1.61. The van der Waals surface area contributed by atoms with E-state index in [-0.39, 0.29) is 11.8 Å². The Bertz CT molecular complexity index is 737. The van der Waals surface area contributed by atoms with E-state index >= 15 is 0 Å². The molecule has 1 saturated heterocycles.